The number of fused-ring (bicyclic) bond motifs is 1. The summed E-state index contributed by atoms with van der Waals surface area (Å²) in [7, 11) is 0. The third-order valence-electron chi connectivity index (χ3n) is 5.18. The first-order valence-corrected chi connectivity index (χ1v) is 7.24. The van der Waals surface area contributed by atoms with E-state index in [0.717, 1.165) is 22.6 Å². The molecule has 0 spiro atoms. The summed E-state index contributed by atoms with van der Waals surface area (Å²) in [4.78, 5) is 9.24. The molecule has 0 N–H and O–H groups in total. The number of nitrogens with zero attached hydrogens (tertiary/aromatic N) is 3. The molecule has 2 heterocycles. The minimum Gasteiger partial charge on any atom is -0.307 e. The van der Waals surface area contributed by atoms with Crippen molar-refractivity contribution in [3.63, 3.8) is 0 Å². The van der Waals surface area contributed by atoms with Gasteiger partial charge in [0.2, 0.25) is 0 Å². The van der Waals surface area contributed by atoms with Crippen molar-refractivity contribution in [3.8, 4) is 0 Å². The van der Waals surface area contributed by atoms with E-state index in [4.69, 9.17) is 16.6 Å². The Morgan fingerprint density at radius 1 is 1.26 bits per heavy atom. The zero-order chi connectivity index (χ0) is 14.0. The molecule has 1 aliphatic carbocycles. The van der Waals surface area contributed by atoms with Crippen molar-refractivity contribution in [1.82, 2.24) is 14.5 Å². The summed E-state index contributed by atoms with van der Waals surface area (Å²) in [6, 6.07) is 2.41. The molecular weight excluding hydrogens is 258 g/mol. The molecule has 0 saturated heterocycles. The van der Waals surface area contributed by atoms with E-state index < -0.39 is 0 Å². The number of alkyl halides is 1. The molecule has 3 rings (SSSR count). The van der Waals surface area contributed by atoms with Gasteiger partial charge < -0.3 is 4.57 Å². The Morgan fingerprint density at radius 2 is 1.89 bits per heavy atom. The van der Waals surface area contributed by atoms with E-state index in [1.54, 1.807) is 0 Å². The number of halogens is 1. The van der Waals surface area contributed by atoms with Crippen molar-refractivity contribution in [2.45, 2.75) is 46.5 Å². The molecule has 102 valence electrons. The predicted molar refractivity (Wildman–Crippen MR) is 78.4 cm³/mol. The van der Waals surface area contributed by atoms with Crippen LogP contribution in [0.15, 0.2) is 12.3 Å². The molecule has 2 aromatic rings. The van der Waals surface area contributed by atoms with Gasteiger partial charge in [0.1, 0.15) is 11.3 Å². The average molecular weight is 278 g/mol. The van der Waals surface area contributed by atoms with Crippen LogP contribution in [-0.4, -0.2) is 14.5 Å². The Bertz CT molecular complexity index is 641. The first kappa shape index (κ1) is 12.9. The Labute approximate surface area is 119 Å². The second-order valence-corrected chi connectivity index (χ2v) is 6.94. The van der Waals surface area contributed by atoms with Crippen LogP contribution < -0.4 is 0 Å². The highest BCUT2D eigenvalue weighted by Crippen LogP contribution is 2.72. The fourth-order valence-electron chi connectivity index (χ4n) is 3.33. The van der Waals surface area contributed by atoms with E-state index in [9.17, 15) is 0 Å². The molecule has 1 aliphatic rings. The molecule has 1 fully saturated rings. The van der Waals surface area contributed by atoms with Crippen molar-refractivity contribution in [3.05, 3.63) is 23.7 Å². The van der Waals surface area contributed by atoms with Crippen LogP contribution in [0.25, 0.3) is 11.2 Å². The number of hydrogen-bond donors (Lipinski definition) is 0. The Balaban J connectivity index is 2.27. The lowest BCUT2D eigenvalue weighted by Crippen LogP contribution is -2.05. The van der Waals surface area contributed by atoms with Crippen molar-refractivity contribution >= 4 is 22.8 Å². The summed E-state index contributed by atoms with van der Waals surface area (Å²) < 4.78 is 2.26. The minimum absolute atomic E-state index is 0.243. The van der Waals surface area contributed by atoms with Gasteiger partial charge in [-0.15, -0.1) is 11.6 Å². The smallest absolute Gasteiger partial charge is 0.160 e. The summed E-state index contributed by atoms with van der Waals surface area (Å²) in [5.74, 6) is 1.36. The van der Waals surface area contributed by atoms with E-state index >= 15 is 0 Å². The van der Waals surface area contributed by atoms with Crippen molar-refractivity contribution in [2.75, 3.05) is 0 Å². The highest BCUT2D eigenvalue weighted by molar-refractivity contribution is 6.16. The molecular formula is C15H20ClN3. The van der Waals surface area contributed by atoms with Crippen LogP contribution in [0.1, 0.15) is 45.1 Å². The lowest BCUT2D eigenvalue weighted by atomic mass is 10.0. The number of imidazole rings is 1. The van der Waals surface area contributed by atoms with Gasteiger partial charge in [0.05, 0.1) is 5.88 Å². The predicted octanol–water partition coefficient (Wildman–Crippen LogP) is 4.09. The third-order valence-corrected chi connectivity index (χ3v) is 5.42. The van der Waals surface area contributed by atoms with Gasteiger partial charge in [-0.3, -0.25) is 0 Å². The van der Waals surface area contributed by atoms with Crippen LogP contribution >= 0.6 is 11.6 Å². The number of hydrogen-bond acceptors (Lipinski definition) is 2. The van der Waals surface area contributed by atoms with E-state index in [2.05, 4.69) is 44.2 Å². The normalized spacial score (nSPS) is 20.9. The van der Waals surface area contributed by atoms with Gasteiger partial charge in [-0.1, -0.05) is 27.7 Å². The molecule has 2 aromatic heterocycles. The molecule has 1 saturated carbocycles. The van der Waals surface area contributed by atoms with Crippen molar-refractivity contribution in [1.29, 1.82) is 0 Å². The monoisotopic (exact) mass is 277 g/mol. The van der Waals surface area contributed by atoms with E-state index in [1.165, 1.54) is 0 Å². The van der Waals surface area contributed by atoms with Crippen LogP contribution in [-0.2, 0) is 5.88 Å². The van der Waals surface area contributed by atoms with Crippen LogP contribution in [0.4, 0.5) is 0 Å². The lowest BCUT2D eigenvalue weighted by Gasteiger charge is -2.09. The second-order valence-electron chi connectivity index (χ2n) is 6.68. The Kier molecular flexibility index (Phi) is 2.53. The molecule has 3 nitrogen and oxygen atoms in total. The maximum Gasteiger partial charge on any atom is 0.160 e. The van der Waals surface area contributed by atoms with Gasteiger partial charge in [0.25, 0.3) is 0 Å². The lowest BCUT2D eigenvalue weighted by molar-refractivity contribution is 0.457. The molecule has 4 heteroatoms. The van der Waals surface area contributed by atoms with Crippen LogP contribution in [0.2, 0.25) is 0 Å². The van der Waals surface area contributed by atoms with Gasteiger partial charge in [-0.2, -0.15) is 0 Å². The van der Waals surface area contributed by atoms with Crippen LogP contribution in [0, 0.1) is 17.8 Å². The molecule has 0 bridgehead atoms. The highest BCUT2D eigenvalue weighted by Gasteiger charge is 2.66. The quantitative estimate of drug-likeness (QED) is 0.774. The first-order chi connectivity index (χ1) is 8.82. The summed E-state index contributed by atoms with van der Waals surface area (Å²) in [6.45, 7) is 11.3. The second kappa shape index (κ2) is 3.72. The number of pyridine rings is 1. The topological polar surface area (TPSA) is 30.7 Å². The van der Waals surface area contributed by atoms with E-state index in [-0.39, 0.29) is 10.8 Å². The van der Waals surface area contributed by atoms with Gasteiger partial charge in [0.15, 0.2) is 5.65 Å². The van der Waals surface area contributed by atoms with Crippen molar-refractivity contribution in [2.24, 2.45) is 10.8 Å². The zero-order valence-corrected chi connectivity index (χ0v) is 12.9. The van der Waals surface area contributed by atoms with Gasteiger partial charge in [0, 0.05) is 12.2 Å². The van der Waals surface area contributed by atoms with E-state index in [1.807, 2.05) is 12.3 Å². The van der Waals surface area contributed by atoms with Crippen molar-refractivity contribution < 1.29 is 0 Å². The molecule has 0 amide bonds. The zero-order valence-electron chi connectivity index (χ0n) is 12.2. The molecule has 0 unspecified atom stereocenters. The van der Waals surface area contributed by atoms with Crippen LogP contribution in [0.5, 0.6) is 0 Å². The summed E-state index contributed by atoms with van der Waals surface area (Å²) in [6.07, 6.45) is 1.86. The Hall–Kier alpha value is -1.09. The fourth-order valence-corrected chi connectivity index (χ4v) is 3.52. The van der Waals surface area contributed by atoms with Crippen LogP contribution in [0.3, 0.4) is 0 Å². The number of rotatable bonds is 2. The third kappa shape index (κ3) is 1.51. The largest absolute Gasteiger partial charge is 0.307 e. The SMILES string of the molecule is Cc1ccnc2c1nc(CCl)n2C1C(C)(C)C1(C)C. The van der Waals surface area contributed by atoms with Gasteiger partial charge in [-0.25, -0.2) is 9.97 Å². The highest BCUT2D eigenvalue weighted by atomic mass is 35.5. The summed E-state index contributed by atoms with van der Waals surface area (Å²) in [5, 5.41) is 0. The maximum atomic E-state index is 6.10. The summed E-state index contributed by atoms with van der Waals surface area (Å²) in [5.41, 5.74) is 3.60. The molecule has 19 heavy (non-hydrogen) atoms. The standard InChI is InChI=1S/C15H20ClN3/c1-9-6-7-17-12-11(9)18-10(8-16)19(12)13-14(2,3)15(13,4)5/h6-7,13H,8H2,1-5H3. The summed E-state index contributed by atoms with van der Waals surface area (Å²) >= 11 is 6.10. The first-order valence-electron chi connectivity index (χ1n) is 6.70. The average Bonchev–Trinajstić information content (AvgIpc) is 2.64. The molecule has 0 aliphatic heterocycles. The molecule has 0 radical (unpaired) electrons. The Morgan fingerprint density at radius 3 is 2.42 bits per heavy atom. The fraction of sp³-hybridized carbons (Fsp3) is 0.600. The van der Waals surface area contributed by atoms with E-state index in [0.29, 0.717) is 11.9 Å². The molecule has 0 atom stereocenters. The van der Waals surface area contributed by atoms with Gasteiger partial charge in [-0.05, 0) is 29.4 Å². The maximum absolute atomic E-state index is 6.10. The number of aryl methyl sites for hydroxylation is 1. The van der Waals surface area contributed by atoms with Gasteiger partial charge >= 0.3 is 0 Å². The number of aromatic nitrogens is 3. The minimum atomic E-state index is 0.243. The molecule has 0 aromatic carbocycles.